The molecule has 1 aliphatic heterocycles. The number of para-hydroxylation sites is 1. The second kappa shape index (κ2) is 3.99. The van der Waals surface area contributed by atoms with Gasteiger partial charge in [0.25, 0.3) is 5.56 Å². The van der Waals surface area contributed by atoms with Gasteiger partial charge in [-0.25, -0.2) is 4.98 Å². The van der Waals surface area contributed by atoms with E-state index in [4.69, 9.17) is 4.42 Å². The maximum Gasteiger partial charge on any atom is 0.255 e. The average molecular weight is 270 g/mol. The molecule has 0 amide bonds. The molecule has 19 heavy (non-hydrogen) atoms. The first-order valence-electron chi connectivity index (χ1n) is 6.00. The molecule has 1 N–H and O–H groups in total. The van der Waals surface area contributed by atoms with E-state index in [0.29, 0.717) is 11.6 Å². The molecule has 3 aromatic rings. The lowest BCUT2D eigenvalue weighted by atomic mass is 10.2. The van der Waals surface area contributed by atoms with Crippen LogP contribution < -0.4 is 5.56 Å². The number of nitrogens with one attached hydrogen (secondary N) is 1. The molecule has 1 aliphatic rings. The highest BCUT2D eigenvalue weighted by Gasteiger charge is 2.19. The summed E-state index contributed by atoms with van der Waals surface area (Å²) >= 11 is 1.71. The number of hydrogen-bond donors (Lipinski definition) is 1. The standard InChI is InChI=1S/C14H10N2O2S/c17-14-9-6-19-7-10(9)15-13(16-14)12-5-8-3-1-2-4-11(8)18-12/h1-5H,6-7H2,(H,15,16,17). The molecule has 5 heteroatoms. The zero-order valence-electron chi connectivity index (χ0n) is 9.97. The van der Waals surface area contributed by atoms with E-state index in [1.807, 2.05) is 30.3 Å². The minimum absolute atomic E-state index is 0.0505. The monoisotopic (exact) mass is 270 g/mol. The number of aromatic nitrogens is 2. The van der Waals surface area contributed by atoms with Gasteiger partial charge >= 0.3 is 0 Å². The lowest BCUT2D eigenvalue weighted by molar-refractivity contribution is 0.624. The third kappa shape index (κ3) is 1.69. The fourth-order valence-corrected chi connectivity index (χ4v) is 3.31. The number of furan rings is 1. The third-order valence-electron chi connectivity index (χ3n) is 3.25. The summed E-state index contributed by atoms with van der Waals surface area (Å²) < 4.78 is 5.73. The molecule has 0 fully saturated rings. The maximum atomic E-state index is 12.0. The van der Waals surface area contributed by atoms with Crippen LogP contribution in [-0.4, -0.2) is 9.97 Å². The predicted octanol–water partition coefficient (Wildman–Crippen LogP) is 2.93. The summed E-state index contributed by atoms with van der Waals surface area (Å²) in [6, 6.07) is 9.66. The first-order valence-corrected chi connectivity index (χ1v) is 7.15. The van der Waals surface area contributed by atoms with Crippen molar-refractivity contribution in [1.82, 2.24) is 9.97 Å². The zero-order chi connectivity index (χ0) is 12.8. The minimum atomic E-state index is -0.0505. The molecule has 0 unspecified atom stereocenters. The number of benzene rings is 1. The Kier molecular flexibility index (Phi) is 2.29. The highest BCUT2D eigenvalue weighted by Crippen LogP contribution is 2.29. The molecule has 0 bridgehead atoms. The van der Waals surface area contributed by atoms with Crippen molar-refractivity contribution in [2.75, 3.05) is 0 Å². The van der Waals surface area contributed by atoms with E-state index in [0.717, 1.165) is 33.7 Å². The molecule has 4 nitrogen and oxygen atoms in total. The first kappa shape index (κ1) is 10.9. The van der Waals surface area contributed by atoms with Gasteiger partial charge in [0.15, 0.2) is 11.6 Å². The molecule has 0 atom stereocenters. The largest absolute Gasteiger partial charge is 0.453 e. The number of H-pyrrole nitrogens is 1. The van der Waals surface area contributed by atoms with Crippen LogP contribution in [0.2, 0.25) is 0 Å². The van der Waals surface area contributed by atoms with Crippen molar-refractivity contribution in [3.05, 3.63) is 51.9 Å². The summed E-state index contributed by atoms with van der Waals surface area (Å²) in [4.78, 5) is 19.3. The topological polar surface area (TPSA) is 58.9 Å². The summed E-state index contributed by atoms with van der Waals surface area (Å²) in [5.74, 6) is 2.67. The lowest BCUT2D eigenvalue weighted by Gasteiger charge is -1.99. The fourth-order valence-electron chi connectivity index (χ4n) is 2.28. The fraction of sp³-hybridized carbons (Fsp3) is 0.143. The molecule has 0 radical (unpaired) electrons. The van der Waals surface area contributed by atoms with E-state index >= 15 is 0 Å². The van der Waals surface area contributed by atoms with Gasteiger partial charge < -0.3 is 9.40 Å². The van der Waals surface area contributed by atoms with Crippen LogP contribution in [0.15, 0.2) is 39.5 Å². The quantitative estimate of drug-likeness (QED) is 0.738. The second-order valence-electron chi connectivity index (χ2n) is 4.48. The molecule has 3 heterocycles. The first-order chi connectivity index (χ1) is 9.31. The molecular weight excluding hydrogens is 260 g/mol. The number of nitrogens with zero attached hydrogens (tertiary/aromatic N) is 1. The Labute approximate surface area is 112 Å². The summed E-state index contributed by atoms with van der Waals surface area (Å²) in [6.45, 7) is 0. The van der Waals surface area contributed by atoms with E-state index in [1.54, 1.807) is 11.8 Å². The van der Waals surface area contributed by atoms with Crippen molar-refractivity contribution in [3.8, 4) is 11.6 Å². The van der Waals surface area contributed by atoms with Crippen LogP contribution in [-0.2, 0) is 11.5 Å². The van der Waals surface area contributed by atoms with E-state index < -0.39 is 0 Å². The van der Waals surface area contributed by atoms with E-state index in [2.05, 4.69) is 9.97 Å². The van der Waals surface area contributed by atoms with Gasteiger partial charge in [0.2, 0.25) is 0 Å². The Morgan fingerprint density at radius 1 is 1.26 bits per heavy atom. The van der Waals surface area contributed by atoms with Gasteiger partial charge in [-0.15, -0.1) is 0 Å². The SMILES string of the molecule is O=c1[nH]c(-c2cc3ccccc3o2)nc2c1CSC2. The highest BCUT2D eigenvalue weighted by molar-refractivity contribution is 7.98. The van der Waals surface area contributed by atoms with Crippen LogP contribution in [0.3, 0.4) is 0 Å². The number of hydrogen-bond acceptors (Lipinski definition) is 4. The van der Waals surface area contributed by atoms with Crippen molar-refractivity contribution < 1.29 is 4.42 Å². The van der Waals surface area contributed by atoms with Crippen molar-refractivity contribution in [2.45, 2.75) is 11.5 Å². The van der Waals surface area contributed by atoms with Gasteiger partial charge in [0.1, 0.15) is 5.58 Å². The number of thioether (sulfide) groups is 1. The Morgan fingerprint density at radius 2 is 2.16 bits per heavy atom. The summed E-state index contributed by atoms with van der Waals surface area (Å²) in [6.07, 6.45) is 0. The van der Waals surface area contributed by atoms with Gasteiger partial charge in [-0.2, -0.15) is 11.8 Å². The molecule has 0 spiro atoms. The van der Waals surface area contributed by atoms with Crippen LogP contribution in [0, 0.1) is 0 Å². The molecule has 0 saturated carbocycles. The molecule has 0 saturated heterocycles. The summed E-state index contributed by atoms with van der Waals surface area (Å²) in [5, 5.41) is 1.01. The van der Waals surface area contributed by atoms with Gasteiger partial charge in [-0.3, -0.25) is 4.79 Å². The number of fused-ring (bicyclic) bond motifs is 2. The van der Waals surface area contributed by atoms with Crippen molar-refractivity contribution >= 4 is 22.7 Å². The summed E-state index contributed by atoms with van der Waals surface area (Å²) in [5.41, 5.74) is 2.43. The average Bonchev–Trinajstić information content (AvgIpc) is 3.04. The molecule has 1 aromatic carbocycles. The van der Waals surface area contributed by atoms with E-state index in [-0.39, 0.29) is 5.56 Å². The summed E-state index contributed by atoms with van der Waals surface area (Å²) in [7, 11) is 0. The molecular formula is C14H10N2O2S. The van der Waals surface area contributed by atoms with Crippen LogP contribution in [0.25, 0.3) is 22.6 Å². The second-order valence-corrected chi connectivity index (χ2v) is 5.47. The van der Waals surface area contributed by atoms with Gasteiger partial charge in [0.05, 0.1) is 5.69 Å². The van der Waals surface area contributed by atoms with Gasteiger partial charge in [0, 0.05) is 22.5 Å². The molecule has 94 valence electrons. The Balaban J connectivity index is 1.92. The Morgan fingerprint density at radius 3 is 3.05 bits per heavy atom. The van der Waals surface area contributed by atoms with Gasteiger partial charge in [-0.05, 0) is 12.1 Å². The minimum Gasteiger partial charge on any atom is -0.453 e. The molecule has 0 aliphatic carbocycles. The zero-order valence-corrected chi connectivity index (χ0v) is 10.8. The highest BCUT2D eigenvalue weighted by atomic mass is 32.2. The third-order valence-corrected chi connectivity index (χ3v) is 4.22. The predicted molar refractivity (Wildman–Crippen MR) is 75.1 cm³/mol. The molecule has 4 rings (SSSR count). The van der Waals surface area contributed by atoms with E-state index in [1.165, 1.54) is 0 Å². The molecule has 2 aromatic heterocycles. The van der Waals surface area contributed by atoms with Crippen LogP contribution in [0.1, 0.15) is 11.3 Å². The number of rotatable bonds is 1. The van der Waals surface area contributed by atoms with E-state index in [9.17, 15) is 4.79 Å². The van der Waals surface area contributed by atoms with Crippen molar-refractivity contribution in [2.24, 2.45) is 0 Å². The van der Waals surface area contributed by atoms with Crippen LogP contribution >= 0.6 is 11.8 Å². The van der Waals surface area contributed by atoms with Gasteiger partial charge in [-0.1, -0.05) is 18.2 Å². The van der Waals surface area contributed by atoms with Crippen LogP contribution in [0.5, 0.6) is 0 Å². The van der Waals surface area contributed by atoms with Crippen molar-refractivity contribution in [3.63, 3.8) is 0 Å². The smallest absolute Gasteiger partial charge is 0.255 e. The van der Waals surface area contributed by atoms with Crippen molar-refractivity contribution in [1.29, 1.82) is 0 Å². The Hall–Kier alpha value is -2.01. The van der Waals surface area contributed by atoms with Crippen LogP contribution in [0.4, 0.5) is 0 Å². The maximum absolute atomic E-state index is 12.0. The Bertz CT molecular complexity index is 802. The lowest BCUT2D eigenvalue weighted by Crippen LogP contribution is -2.14. The normalized spacial score (nSPS) is 13.9. The number of aromatic amines is 1.